The molecule has 1 amide bonds. The first-order valence-electron chi connectivity index (χ1n) is 12.6. The summed E-state index contributed by atoms with van der Waals surface area (Å²) in [5.41, 5.74) is -0.717. The van der Waals surface area contributed by atoms with Crippen molar-refractivity contribution in [3.63, 3.8) is 0 Å². The van der Waals surface area contributed by atoms with Crippen molar-refractivity contribution in [2.75, 3.05) is 12.4 Å². The minimum Gasteiger partial charge on any atom is -0.472 e. The molecule has 38 heavy (non-hydrogen) atoms. The van der Waals surface area contributed by atoms with Crippen molar-refractivity contribution in [2.45, 2.75) is 51.7 Å². The van der Waals surface area contributed by atoms with Crippen molar-refractivity contribution >= 4 is 29.5 Å². The molecule has 2 aliphatic carbocycles. The van der Waals surface area contributed by atoms with Crippen LogP contribution in [0.5, 0.6) is 0 Å². The first-order valence-corrected chi connectivity index (χ1v) is 12.6. The van der Waals surface area contributed by atoms with Crippen molar-refractivity contribution in [1.29, 1.82) is 0 Å². The van der Waals surface area contributed by atoms with Gasteiger partial charge in [0.2, 0.25) is 0 Å². The number of rotatable bonds is 4. The number of nitrogens with one attached hydrogen (secondary N) is 1. The topological polar surface area (TPSA) is 121 Å². The van der Waals surface area contributed by atoms with Gasteiger partial charge in [-0.3, -0.25) is 19.7 Å². The van der Waals surface area contributed by atoms with Crippen molar-refractivity contribution in [1.82, 2.24) is 0 Å². The Balaban J connectivity index is 1.48. The van der Waals surface area contributed by atoms with Gasteiger partial charge < -0.3 is 18.6 Å². The number of carbonyl (C=O) groups is 4. The largest absolute Gasteiger partial charge is 0.472 e. The van der Waals surface area contributed by atoms with E-state index in [1.54, 1.807) is 6.07 Å². The lowest BCUT2D eigenvalue weighted by Gasteiger charge is -2.60. The number of Topliss-reactive ketones (excluding diaryl/α,β-unsaturated/α-hetero) is 1. The molecule has 1 aromatic heterocycles. The monoisotopic (exact) mass is 527 g/mol. The van der Waals surface area contributed by atoms with Gasteiger partial charge in [-0.25, -0.2) is 9.18 Å². The SMILES string of the molecule is COC(=O)[C@@H]1C[C@H](OC(=O)Nc2ccc(F)cc2)C(=O)[C@H]2[C@@]1(C)CC[C@H]1C(=O)O[C@H](c3ccoc3)C[C@]21C. The van der Waals surface area contributed by atoms with E-state index in [-0.39, 0.29) is 17.9 Å². The van der Waals surface area contributed by atoms with E-state index in [9.17, 15) is 23.6 Å². The molecule has 9 nitrogen and oxygen atoms in total. The average Bonchev–Trinajstić information content (AvgIpc) is 3.41. The highest BCUT2D eigenvalue weighted by molar-refractivity contribution is 5.94. The second kappa shape index (κ2) is 9.56. The number of ether oxygens (including phenoxy) is 3. The summed E-state index contributed by atoms with van der Waals surface area (Å²) in [4.78, 5) is 53.1. The summed E-state index contributed by atoms with van der Waals surface area (Å²) in [6.45, 7) is 3.78. The fourth-order valence-corrected chi connectivity index (χ4v) is 7.07. The van der Waals surface area contributed by atoms with Gasteiger partial charge in [0, 0.05) is 23.6 Å². The number of hydrogen-bond acceptors (Lipinski definition) is 8. The Morgan fingerprint density at radius 3 is 2.50 bits per heavy atom. The quantitative estimate of drug-likeness (QED) is 0.444. The summed E-state index contributed by atoms with van der Waals surface area (Å²) in [6.07, 6.45) is 1.44. The molecule has 0 radical (unpaired) electrons. The number of ketones is 1. The number of furan rings is 1. The number of anilines is 1. The van der Waals surface area contributed by atoms with Crippen LogP contribution in [0.25, 0.3) is 0 Å². The van der Waals surface area contributed by atoms with Gasteiger partial charge in [0.15, 0.2) is 11.9 Å². The van der Waals surface area contributed by atoms with Crippen LogP contribution in [0.1, 0.15) is 51.2 Å². The van der Waals surface area contributed by atoms with E-state index < -0.39 is 64.6 Å². The zero-order chi connectivity index (χ0) is 27.2. The number of cyclic esters (lactones) is 1. The smallest absolute Gasteiger partial charge is 0.412 e. The third-order valence-electron chi connectivity index (χ3n) is 8.84. The van der Waals surface area contributed by atoms with E-state index in [0.717, 1.165) is 0 Å². The molecule has 2 saturated carbocycles. The second-order valence-electron chi connectivity index (χ2n) is 11.0. The predicted molar refractivity (Wildman–Crippen MR) is 130 cm³/mol. The van der Waals surface area contributed by atoms with Crippen LogP contribution in [-0.2, 0) is 28.6 Å². The van der Waals surface area contributed by atoms with E-state index in [1.165, 1.54) is 43.9 Å². The van der Waals surface area contributed by atoms with Gasteiger partial charge in [0.25, 0.3) is 0 Å². The fourth-order valence-electron chi connectivity index (χ4n) is 7.07. The molecule has 2 aromatic rings. The lowest BCUT2D eigenvalue weighted by Crippen LogP contribution is -2.64. The number of esters is 2. The molecule has 3 fully saturated rings. The number of fused-ring (bicyclic) bond motifs is 3. The van der Waals surface area contributed by atoms with Gasteiger partial charge in [-0.2, -0.15) is 0 Å². The number of carbonyl (C=O) groups excluding carboxylic acids is 4. The molecule has 7 atom stereocenters. The predicted octanol–water partition coefficient (Wildman–Crippen LogP) is 4.82. The third-order valence-corrected chi connectivity index (χ3v) is 8.84. The molecule has 1 saturated heterocycles. The number of halogens is 1. The minimum absolute atomic E-state index is 0.0360. The summed E-state index contributed by atoms with van der Waals surface area (Å²) in [5.74, 6) is -3.77. The van der Waals surface area contributed by atoms with Crippen LogP contribution in [0.3, 0.4) is 0 Å². The summed E-state index contributed by atoms with van der Waals surface area (Å²) in [5, 5.41) is 2.49. The Bertz CT molecular complexity index is 1240. The van der Waals surface area contributed by atoms with Gasteiger partial charge in [0.1, 0.15) is 11.9 Å². The number of hydrogen-bond donors (Lipinski definition) is 1. The molecular weight excluding hydrogens is 497 g/mol. The number of methoxy groups -OCH3 is 1. The van der Waals surface area contributed by atoms with E-state index in [0.29, 0.717) is 24.8 Å². The molecule has 10 heteroatoms. The maximum Gasteiger partial charge on any atom is 0.412 e. The zero-order valence-electron chi connectivity index (χ0n) is 21.4. The van der Waals surface area contributed by atoms with Crippen LogP contribution >= 0.6 is 0 Å². The molecule has 2 heterocycles. The van der Waals surface area contributed by atoms with E-state index >= 15 is 0 Å². The molecule has 1 N–H and O–H groups in total. The van der Waals surface area contributed by atoms with Gasteiger partial charge in [0.05, 0.1) is 31.5 Å². The first-order chi connectivity index (χ1) is 18.1. The normalized spacial score (nSPS) is 34.4. The summed E-state index contributed by atoms with van der Waals surface area (Å²) in [6, 6.07) is 6.81. The maximum atomic E-state index is 14.1. The van der Waals surface area contributed by atoms with Gasteiger partial charge in [-0.1, -0.05) is 13.8 Å². The Morgan fingerprint density at radius 2 is 1.84 bits per heavy atom. The number of benzene rings is 1. The van der Waals surface area contributed by atoms with Crippen LogP contribution in [0.2, 0.25) is 0 Å². The molecular formula is C28H30FNO8. The molecule has 202 valence electrons. The minimum atomic E-state index is -1.24. The molecule has 5 rings (SSSR count). The van der Waals surface area contributed by atoms with Crippen LogP contribution in [-0.4, -0.2) is 37.0 Å². The van der Waals surface area contributed by atoms with Crippen molar-refractivity contribution in [3.8, 4) is 0 Å². The molecule has 1 aliphatic heterocycles. The average molecular weight is 528 g/mol. The van der Waals surface area contributed by atoms with Gasteiger partial charge in [-0.15, -0.1) is 0 Å². The lowest BCUT2D eigenvalue weighted by atomic mass is 9.43. The molecule has 3 aliphatic rings. The Morgan fingerprint density at radius 1 is 1.11 bits per heavy atom. The van der Waals surface area contributed by atoms with Crippen LogP contribution in [0, 0.1) is 34.4 Å². The van der Waals surface area contributed by atoms with Gasteiger partial charge >= 0.3 is 18.0 Å². The van der Waals surface area contributed by atoms with E-state index in [1.807, 2.05) is 13.8 Å². The Labute approximate surface area is 219 Å². The van der Waals surface area contributed by atoms with Crippen molar-refractivity contribution < 1.29 is 42.2 Å². The van der Waals surface area contributed by atoms with Crippen molar-refractivity contribution in [3.05, 3.63) is 54.2 Å². The van der Waals surface area contributed by atoms with E-state index in [4.69, 9.17) is 18.6 Å². The van der Waals surface area contributed by atoms with Crippen LogP contribution < -0.4 is 5.32 Å². The summed E-state index contributed by atoms with van der Waals surface area (Å²) in [7, 11) is 1.29. The zero-order valence-corrected chi connectivity index (χ0v) is 21.4. The highest BCUT2D eigenvalue weighted by atomic mass is 19.1. The Kier molecular flexibility index (Phi) is 6.53. The highest BCUT2D eigenvalue weighted by Gasteiger charge is 2.67. The molecule has 0 unspecified atom stereocenters. The highest BCUT2D eigenvalue weighted by Crippen LogP contribution is 2.65. The van der Waals surface area contributed by atoms with Gasteiger partial charge in [-0.05, 0) is 60.4 Å². The molecule has 1 aromatic carbocycles. The third kappa shape index (κ3) is 4.25. The standard InChI is InChI=1S/C28H30FNO8/c1-27-10-8-18-25(33)37-21(15-9-11-36-14-15)13-28(18,2)23(27)22(31)20(12-19(27)24(32)35-3)38-26(34)30-17-6-4-16(29)5-7-17/h4-7,9,11,14,18-21,23H,8,10,12-13H2,1-3H3,(H,30,34)/t18-,19-,20-,21-,23-,27-,28-/m0/s1. The summed E-state index contributed by atoms with van der Waals surface area (Å²) < 4.78 is 34.9. The fraction of sp³-hybridized carbons (Fsp3) is 0.500. The maximum absolute atomic E-state index is 14.1. The van der Waals surface area contributed by atoms with Crippen LogP contribution in [0.15, 0.2) is 47.3 Å². The lowest BCUT2D eigenvalue weighted by molar-refractivity contribution is -0.207. The number of amides is 1. The van der Waals surface area contributed by atoms with Crippen molar-refractivity contribution in [2.24, 2.45) is 28.6 Å². The second-order valence-corrected chi connectivity index (χ2v) is 11.0. The molecule has 0 spiro atoms. The van der Waals surface area contributed by atoms with Crippen LogP contribution in [0.4, 0.5) is 14.9 Å². The van der Waals surface area contributed by atoms with E-state index in [2.05, 4.69) is 5.32 Å². The summed E-state index contributed by atoms with van der Waals surface area (Å²) >= 11 is 0. The first kappa shape index (κ1) is 25.9. The Hall–Kier alpha value is -3.69. The molecule has 0 bridgehead atoms.